The molecule has 0 aromatic heterocycles. The van der Waals surface area contributed by atoms with Crippen LogP contribution in [0.4, 0.5) is 0 Å². The van der Waals surface area contributed by atoms with E-state index in [1.807, 2.05) is 0 Å². The molecule has 1 aliphatic heterocycles. The van der Waals surface area contributed by atoms with Gasteiger partial charge in [-0.3, -0.25) is 0 Å². The second-order valence-corrected chi connectivity index (χ2v) is 3.46. The van der Waals surface area contributed by atoms with E-state index in [1.165, 1.54) is 19.4 Å². The van der Waals surface area contributed by atoms with Gasteiger partial charge in [0.25, 0.3) is 0 Å². The first-order chi connectivity index (χ1) is 4.31. The third-order valence-electron chi connectivity index (χ3n) is 2.32. The Bertz CT molecular complexity index is 118. The average molecular weight is 126 g/mol. The molecule has 2 nitrogen and oxygen atoms in total. The highest BCUT2D eigenvalue weighted by atomic mass is 15.2. The third kappa shape index (κ3) is 0.970. The number of nitrogens with one attached hydrogen (secondary N) is 2. The van der Waals surface area contributed by atoms with E-state index < -0.39 is 0 Å². The zero-order valence-corrected chi connectivity index (χ0v) is 5.91. The molecule has 0 unspecified atom stereocenters. The Hall–Kier alpha value is -0.0800. The Balaban J connectivity index is 1.96. The summed E-state index contributed by atoms with van der Waals surface area (Å²) in [4.78, 5) is 0. The minimum atomic E-state index is 0.539. The smallest absolute Gasteiger partial charge is 0.0310 e. The van der Waals surface area contributed by atoms with Crippen LogP contribution >= 0.6 is 0 Å². The van der Waals surface area contributed by atoms with Crippen molar-refractivity contribution in [1.82, 2.24) is 10.6 Å². The molecule has 1 aliphatic carbocycles. The molecule has 2 rings (SSSR count). The van der Waals surface area contributed by atoms with Crippen LogP contribution in [0.25, 0.3) is 0 Å². The highest BCUT2D eigenvalue weighted by molar-refractivity contribution is 5.07. The van der Waals surface area contributed by atoms with Crippen molar-refractivity contribution in [2.75, 3.05) is 13.1 Å². The Morgan fingerprint density at radius 3 is 2.67 bits per heavy atom. The summed E-state index contributed by atoms with van der Waals surface area (Å²) in [7, 11) is 0. The van der Waals surface area contributed by atoms with Crippen molar-refractivity contribution in [1.29, 1.82) is 0 Å². The summed E-state index contributed by atoms with van der Waals surface area (Å²) in [5.74, 6) is 0. The van der Waals surface area contributed by atoms with E-state index in [2.05, 4.69) is 17.6 Å². The summed E-state index contributed by atoms with van der Waals surface area (Å²) in [5.41, 5.74) is 0.539. The van der Waals surface area contributed by atoms with Gasteiger partial charge < -0.3 is 10.6 Å². The SMILES string of the molecule is C[C@@H]1CNCC2(CC2)N1. The molecule has 1 saturated heterocycles. The minimum Gasteiger partial charge on any atom is -0.313 e. The van der Waals surface area contributed by atoms with Gasteiger partial charge in [-0.25, -0.2) is 0 Å². The molecule has 0 radical (unpaired) electrons. The molecular formula is C7H14N2. The summed E-state index contributed by atoms with van der Waals surface area (Å²) >= 11 is 0. The summed E-state index contributed by atoms with van der Waals surface area (Å²) in [5, 5.41) is 7.03. The zero-order chi connectivity index (χ0) is 6.32. The lowest BCUT2D eigenvalue weighted by Gasteiger charge is -2.29. The topological polar surface area (TPSA) is 24.1 Å². The molecule has 2 fully saturated rings. The van der Waals surface area contributed by atoms with Crippen LogP contribution in [0, 0.1) is 0 Å². The fourth-order valence-corrected chi connectivity index (χ4v) is 1.62. The lowest BCUT2D eigenvalue weighted by Crippen LogP contribution is -2.55. The first-order valence-corrected chi connectivity index (χ1v) is 3.79. The average Bonchev–Trinajstić information content (AvgIpc) is 2.49. The van der Waals surface area contributed by atoms with Gasteiger partial charge in [-0.15, -0.1) is 0 Å². The van der Waals surface area contributed by atoms with E-state index in [0.717, 1.165) is 6.54 Å². The van der Waals surface area contributed by atoms with Gasteiger partial charge in [0, 0.05) is 24.7 Å². The zero-order valence-electron chi connectivity index (χ0n) is 5.91. The lowest BCUT2D eigenvalue weighted by molar-refractivity contribution is 0.338. The Labute approximate surface area is 56.0 Å². The molecule has 1 spiro atoms. The number of hydrogen-bond donors (Lipinski definition) is 2. The van der Waals surface area contributed by atoms with Crippen molar-refractivity contribution in [3.8, 4) is 0 Å². The van der Waals surface area contributed by atoms with Crippen molar-refractivity contribution in [3.63, 3.8) is 0 Å². The standard InChI is InChI=1S/C7H14N2/c1-6-4-8-5-7(9-6)2-3-7/h6,8-9H,2-5H2,1H3/t6-/m1/s1. The van der Waals surface area contributed by atoms with Gasteiger partial charge >= 0.3 is 0 Å². The van der Waals surface area contributed by atoms with Gasteiger partial charge in [0.05, 0.1) is 0 Å². The summed E-state index contributed by atoms with van der Waals surface area (Å²) in [6.45, 7) is 4.57. The maximum atomic E-state index is 3.60. The van der Waals surface area contributed by atoms with Crippen molar-refractivity contribution in [3.05, 3.63) is 0 Å². The molecule has 2 aliphatic rings. The molecule has 1 atom stereocenters. The molecule has 0 amide bonds. The quantitative estimate of drug-likeness (QED) is 0.481. The van der Waals surface area contributed by atoms with Crippen LogP contribution in [0.3, 0.4) is 0 Å². The fraction of sp³-hybridized carbons (Fsp3) is 1.00. The summed E-state index contributed by atoms with van der Waals surface area (Å²) in [6, 6.07) is 0.682. The van der Waals surface area contributed by atoms with Crippen molar-refractivity contribution in [2.24, 2.45) is 0 Å². The summed E-state index contributed by atoms with van der Waals surface area (Å²) in [6.07, 6.45) is 2.76. The normalized spacial score (nSPS) is 39.0. The lowest BCUT2D eigenvalue weighted by atomic mass is 10.1. The molecule has 52 valence electrons. The molecule has 1 saturated carbocycles. The predicted molar refractivity (Wildman–Crippen MR) is 37.4 cm³/mol. The van der Waals surface area contributed by atoms with Gasteiger partial charge in [0.15, 0.2) is 0 Å². The van der Waals surface area contributed by atoms with Gasteiger partial charge in [0.1, 0.15) is 0 Å². The molecule has 2 N–H and O–H groups in total. The van der Waals surface area contributed by atoms with Gasteiger partial charge in [-0.05, 0) is 19.8 Å². The molecule has 1 heterocycles. The van der Waals surface area contributed by atoms with Crippen LogP contribution in [0.15, 0.2) is 0 Å². The van der Waals surface area contributed by atoms with Crippen LogP contribution in [-0.4, -0.2) is 24.7 Å². The number of rotatable bonds is 0. The van der Waals surface area contributed by atoms with Crippen molar-refractivity contribution < 1.29 is 0 Å². The molecule has 0 aromatic rings. The Morgan fingerprint density at radius 2 is 2.22 bits per heavy atom. The van der Waals surface area contributed by atoms with E-state index in [1.54, 1.807) is 0 Å². The van der Waals surface area contributed by atoms with Gasteiger partial charge in [0.2, 0.25) is 0 Å². The van der Waals surface area contributed by atoms with Crippen LogP contribution < -0.4 is 10.6 Å². The second kappa shape index (κ2) is 1.70. The predicted octanol–water partition coefficient (Wildman–Crippen LogP) is 0.100. The van der Waals surface area contributed by atoms with Crippen LogP contribution in [0.2, 0.25) is 0 Å². The largest absolute Gasteiger partial charge is 0.313 e. The minimum absolute atomic E-state index is 0.539. The maximum Gasteiger partial charge on any atom is 0.0310 e. The number of piperazine rings is 1. The summed E-state index contributed by atoms with van der Waals surface area (Å²) < 4.78 is 0. The monoisotopic (exact) mass is 126 g/mol. The fourth-order valence-electron chi connectivity index (χ4n) is 1.62. The highest BCUT2D eigenvalue weighted by Crippen LogP contribution is 2.36. The molecule has 0 aromatic carbocycles. The van der Waals surface area contributed by atoms with Gasteiger partial charge in [-0.1, -0.05) is 0 Å². The van der Waals surface area contributed by atoms with Crippen LogP contribution in [0.1, 0.15) is 19.8 Å². The highest BCUT2D eigenvalue weighted by Gasteiger charge is 2.44. The molecule has 2 heteroatoms. The van der Waals surface area contributed by atoms with Crippen molar-refractivity contribution in [2.45, 2.75) is 31.3 Å². The van der Waals surface area contributed by atoms with Crippen LogP contribution in [0.5, 0.6) is 0 Å². The van der Waals surface area contributed by atoms with E-state index in [-0.39, 0.29) is 0 Å². The first kappa shape index (κ1) is 5.69. The van der Waals surface area contributed by atoms with E-state index >= 15 is 0 Å². The second-order valence-electron chi connectivity index (χ2n) is 3.46. The molecule has 9 heavy (non-hydrogen) atoms. The van der Waals surface area contributed by atoms with Crippen LogP contribution in [-0.2, 0) is 0 Å². The first-order valence-electron chi connectivity index (χ1n) is 3.79. The van der Waals surface area contributed by atoms with Gasteiger partial charge in [-0.2, -0.15) is 0 Å². The van der Waals surface area contributed by atoms with E-state index in [9.17, 15) is 0 Å². The third-order valence-corrected chi connectivity index (χ3v) is 2.32. The van der Waals surface area contributed by atoms with E-state index in [4.69, 9.17) is 0 Å². The molecule has 0 bridgehead atoms. The Morgan fingerprint density at radius 1 is 1.44 bits per heavy atom. The van der Waals surface area contributed by atoms with Crippen molar-refractivity contribution >= 4 is 0 Å². The van der Waals surface area contributed by atoms with E-state index in [0.29, 0.717) is 11.6 Å². The molecular weight excluding hydrogens is 112 g/mol. The number of hydrogen-bond acceptors (Lipinski definition) is 2. The Kier molecular flexibility index (Phi) is 1.08. The maximum absolute atomic E-state index is 3.60.